The minimum absolute atomic E-state index is 0.428. The van der Waals surface area contributed by atoms with E-state index in [0.29, 0.717) is 6.04 Å². The van der Waals surface area contributed by atoms with E-state index in [0.717, 1.165) is 49.5 Å². The molecule has 0 bridgehead atoms. The summed E-state index contributed by atoms with van der Waals surface area (Å²) in [4.78, 5) is 6.69. The van der Waals surface area contributed by atoms with Crippen LogP contribution in [-0.4, -0.2) is 52.4 Å². The van der Waals surface area contributed by atoms with Gasteiger partial charge in [0.15, 0.2) is 5.96 Å². The molecule has 6 heteroatoms. The Kier molecular flexibility index (Phi) is 6.99. The third-order valence-electron chi connectivity index (χ3n) is 3.76. The summed E-state index contributed by atoms with van der Waals surface area (Å²) in [5.41, 5.74) is 1.27. The van der Waals surface area contributed by atoms with E-state index in [4.69, 9.17) is 4.74 Å². The highest BCUT2D eigenvalue weighted by Crippen LogP contribution is 2.22. The van der Waals surface area contributed by atoms with Crippen LogP contribution in [0.1, 0.15) is 12.8 Å². The molecule has 1 aromatic carbocycles. The average Bonchev–Trinajstić information content (AvgIpc) is 2.99. The largest absolute Gasteiger partial charge is 0.385 e. The Labute approximate surface area is 141 Å². The molecule has 1 fully saturated rings. The zero-order valence-corrected chi connectivity index (χ0v) is 14.9. The molecule has 0 amide bonds. The van der Waals surface area contributed by atoms with Gasteiger partial charge in [0.05, 0.1) is 0 Å². The molecule has 2 rings (SSSR count). The summed E-state index contributed by atoms with van der Waals surface area (Å²) in [6, 6.07) is 8.92. The minimum Gasteiger partial charge on any atom is -0.385 e. The first kappa shape index (κ1) is 17.1. The quantitative estimate of drug-likeness (QED) is 0.459. The summed E-state index contributed by atoms with van der Waals surface area (Å²) < 4.78 is 6.17. The number of nitrogens with zero attached hydrogens (tertiary/aromatic N) is 2. The van der Waals surface area contributed by atoms with Crippen LogP contribution in [0.2, 0.25) is 0 Å². The number of benzene rings is 1. The van der Waals surface area contributed by atoms with E-state index in [9.17, 15) is 0 Å². The highest BCUT2D eigenvalue weighted by Gasteiger charge is 2.23. The number of aliphatic imine (C=N–C) groups is 1. The molecule has 22 heavy (non-hydrogen) atoms. The summed E-state index contributed by atoms with van der Waals surface area (Å²) in [6.07, 6.45) is 2.10. The van der Waals surface area contributed by atoms with Gasteiger partial charge in [-0.05, 0) is 37.1 Å². The molecule has 1 aromatic rings. The summed E-state index contributed by atoms with van der Waals surface area (Å²) >= 11 is 3.48. The van der Waals surface area contributed by atoms with Gasteiger partial charge in [-0.3, -0.25) is 4.99 Å². The van der Waals surface area contributed by atoms with Crippen molar-refractivity contribution in [2.24, 2.45) is 4.99 Å². The van der Waals surface area contributed by atoms with E-state index < -0.39 is 0 Å². The van der Waals surface area contributed by atoms with Gasteiger partial charge in [0.1, 0.15) is 0 Å². The fourth-order valence-electron chi connectivity index (χ4n) is 2.58. The van der Waals surface area contributed by atoms with Crippen LogP contribution in [0.4, 0.5) is 5.69 Å². The molecule has 1 saturated heterocycles. The Morgan fingerprint density at radius 2 is 2.18 bits per heavy atom. The maximum atomic E-state index is 5.05. The van der Waals surface area contributed by atoms with Crippen molar-refractivity contribution in [2.45, 2.75) is 18.9 Å². The maximum Gasteiger partial charge on any atom is 0.191 e. The van der Waals surface area contributed by atoms with Crippen molar-refractivity contribution < 1.29 is 4.74 Å². The molecule has 1 aliphatic rings. The van der Waals surface area contributed by atoms with Crippen molar-refractivity contribution in [3.05, 3.63) is 28.7 Å². The van der Waals surface area contributed by atoms with Gasteiger partial charge in [0.25, 0.3) is 0 Å². The molecule has 1 aliphatic heterocycles. The van der Waals surface area contributed by atoms with E-state index in [-0.39, 0.29) is 0 Å². The highest BCUT2D eigenvalue weighted by atomic mass is 79.9. The van der Waals surface area contributed by atoms with Gasteiger partial charge in [-0.25, -0.2) is 0 Å². The van der Waals surface area contributed by atoms with Crippen LogP contribution < -0.4 is 15.5 Å². The number of methoxy groups -OCH3 is 1. The van der Waals surface area contributed by atoms with Crippen LogP contribution in [-0.2, 0) is 4.74 Å². The smallest absolute Gasteiger partial charge is 0.191 e. The Balaban J connectivity index is 1.78. The molecular formula is C16H25BrN4O. The number of anilines is 1. The molecule has 0 aliphatic carbocycles. The highest BCUT2D eigenvalue weighted by molar-refractivity contribution is 9.10. The number of hydrogen-bond acceptors (Lipinski definition) is 3. The van der Waals surface area contributed by atoms with E-state index in [1.54, 1.807) is 7.11 Å². The Morgan fingerprint density at radius 3 is 2.86 bits per heavy atom. The first-order chi connectivity index (χ1) is 10.7. The molecule has 1 heterocycles. The van der Waals surface area contributed by atoms with Gasteiger partial charge in [-0.1, -0.05) is 15.9 Å². The molecule has 0 spiro atoms. The topological polar surface area (TPSA) is 48.9 Å². The molecule has 0 saturated carbocycles. The SMILES string of the molecule is CN=C(NCCCOC)NC1CCN(c2ccc(Br)cc2)C1. The molecule has 1 atom stereocenters. The van der Waals surface area contributed by atoms with Crippen LogP contribution in [0, 0.1) is 0 Å². The van der Waals surface area contributed by atoms with E-state index in [1.807, 2.05) is 7.05 Å². The van der Waals surface area contributed by atoms with Crippen molar-refractivity contribution in [2.75, 3.05) is 45.3 Å². The number of halogens is 1. The first-order valence-corrected chi connectivity index (χ1v) is 8.49. The zero-order valence-electron chi connectivity index (χ0n) is 13.3. The first-order valence-electron chi connectivity index (χ1n) is 7.69. The van der Waals surface area contributed by atoms with Crippen molar-refractivity contribution in [3.8, 4) is 0 Å². The second kappa shape index (κ2) is 9.00. The molecule has 1 unspecified atom stereocenters. The Morgan fingerprint density at radius 1 is 1.41 bits per heavy atom. The predicted molar refractivity (Wildman–Crippen MR) is 95.8 cm³/mol. The van der Waals surface area contributed by atoms with E-state index in [2.05, 4.69) is 60.7 Å². The number of guanidine groups is 1. The number of hydrogen-bond donors (Lipinski definition) is 2. The second-order valence-electron chi connectivity index (χ2n) is 5.40. The Bertz CT molecular complexity index is 478. The summed E-state index contributed by atoms with van der Waals surface area (Å²) in [5.74, 6) is 0.874. The maximum absolute atomic E-state index is 5.05. The number of ether oxygens (including phenoxy) is 1. The number of nitrogens with one attached hydrogen (secondary N) is 2. The van der Waals surface area contributed by atoms with Crippen LogP contribution >= 0.6 is 15.9 Å². The lowest BCUT2D eigenvalue weighted by molar-refractivity contribution is 0.195. The number of rotatable bonds is 6. The molecule has 5 nitrogen and oxygen atoms in total. The fourth-order valence-corrected chi connectivity index (χ4v) is 2.84. The predicted octanol–water partition coefficient (Wildman–Crippen LogP) is 2.23. The van der Waals surface area contributed by atoms with Crippen LogP contribution in [0.3, 0.4) is 0 Å². The van der Waals surface area contributed by atoms with Gasteiger partial charge in [0.2, 0.25) is 0 Å². The summed E-state index contributed by atoms with van der Waals surface area (Å²) in [5, 5.41) is 6.83. The average molecular weight is 369 g/mol. The molecular weight excluding hydrogens is 344 g/mol. The standard InChI is InChI=1S/C16H25BrN4O/c1-18-16(19-9-3-11-22-2)20-14-8-10-21(12-14)15-6-4-13(17)5-7-15/h4-7,14H,3,8-12H2,1-2H3,(H2,18,19,20). The van der Waals surface area contributed by atoms with Gasteiger partial charge >= 0.3 is 0 Å². The van der Waals surface area contributed by atoms with E-state index >= 15 is 0 Å². The monoisotopic (exact) mass is 368 g/mol. The van der Waals surface area contributed by atoms with Crippen molar-refractivity contribution in [1.82, 2.24) is 10.6 Å². The third-order valence-corrected chi connectivity index (χ3v) is 4.29. The van der Waals surface area contributed by atoms with Crippen LogP contribution in [0.25, 0.3) is 0 Å². The lowest BCUT2D eigenvalue weighted by atomic mass is 10.3. The second-order valence-corrected chi connectivity index (χ2v) is 6.31. The fraction of sp³-hybridized carbons (Fsp3) is 0.562. The van der Waals surface area contributed by atoms with E-state index in [1.165, 1.54) is 5.69 Å². The van der Waals surface area contributed by atoms with Gasteiger partial charge < -0.3 is 20.3 Å². The lowest BCUT2D eigenvalue weighted by Crippen LogP contribution is -2.45. The van der Waals surface area contributed by atoms with Gasteiger partial charge in [-0.15, -0.1) is 0 Å². The minimum atomic E-state index is 0.428. The van der Waals surface area contributed by atoms with Crippen LogP contribution in [0.15, 0.2) is 33.7 Å². The normalized spacial score (nSPS) is 18.6. The zero-order chi connectivity index (χ0) is 15.8. The molecule has 2 N–H and O–H groups in total. The summed E-state index contributed by atoms with van der Waals surface area (Å²) in [7, 11) is 3.54. The molecule has 0 radical (unpaired) electrons. The van der Waals surface area contributed by atoms with Crippen molar-refractivity contribution in [3.63, 3.8) is 0 Å². The molecule has 0 aromatic heterocycles. The van der Waals surface area contributed by atoms with Crippen LogP contribution in [0.5, 0.6) is 0 Å². The van der Waals surface area contributed by atoms with Crippen molar-refractivity contribution >= 4 is 27.6 Å². The Hall–Kier alpha value is -1.27. The van der Waals surface area contributed by atoms with Gasteiger partial charge in [0, 0.05) is 56.6 Å². The third kappa shape index (κ3) is 5.18. The molecule has 122 valence electrons. The summed E-state index contributed by atoms with van der Waals surface area (Å²) in [6.45, 7) is 3.71. The van der Waals surface area contributed by atoms with Crippen molar-refractivity contribution in [1.29, 1.82) is 0 Å². The van der Waals surface area contributed by atoms with Gasteiger partial charge in [-0.2, -0.15) is 0 Å². The lowest BCUT2D eigenvalue weighted by Gasteiger charge is -2.20.